The van der Waals surface area contributed by atoms with Gasteiger partial charge in [0, 0.05) is 0 Å². The number of para-hydroxylation sites is 2. The van der Waals surface area contributed by atoms with Crippen LogP contribution in [0, 0.1) is 23.3 Å². The van der Waals surface area contributed by atoms with E-state index in [1.165, 1.54) is 0 Å². The molecule has 10 heteroatoms. The first kappa shape index (κ1) is 18.7. The molecule has 0 spiro atoms. The van der Waals surface area contributed by atoms with E-state index in [4.69, 9.17) is 0 Å². The summed E-state index contributed by atoms with van der Waals surface area (Å²) < 4.78 is 78.5. The SMILES string of the molecule is CS(=O)(=O)N(CC(=O)Nc1c(F)cccc1F)c1c(F)cccc1F. The molecule has 0 aliphatic rings. The first-order valence-corrected chi connectivity index (χ1v) is 8.61. The lowest BCUT2D eigenvalue weighted by atomic mass is 10.2. The Balaban J connectivity index is 2.34. The number of benzene rings is 2. The van der Waals surface area contributed by atoms with Crippen molar-refractivity contribution in [3.63, 3.8) is 0 Å². The Morgan fingerprint density at radius 3 is 1.84 bits per heavy atom. The van der Waals surface area contributed by atoms with Crippen LogP contribution in [-0.4, -0.2) is 27.1 Å². The minimum atomic E-state index is -4.27. The van der Waals surface area contributed by atoms with Gasteiger partial charge in [0.25, 0.3) is 0 Å². The van der Waals surface area contributed by atoms with Gasteiger partial charge in [0.15, 0.2) is 11.6 Å². The summed E-state index contributed by atoms with van der Waals surface area (Å²) in [5, 5.41) is 1.85. The Morgan fingerprint density at radius 2 is 1.40 bits per heavy atom. The number of anilines is 2. The van der Waals surface area contributed by atoms with Crippen LogP contribution in [0.3, 0.4) is 0 Å². The minimum absolute atomic E-state index is 0.172. The maximum atomic E-state index is 13.8. The molecular weight excluding hydrogens is 364 g/mol. The van der Waals surface area contributed by atoms with E-state index >= 15 is 0 Å². The van der Waals surface area contributed by atoms with Crippen LogP contribution in [0.4, 0.5) is 28.9 Å². The van der Waals surface area contributed by atoms with Gasteiger partial charge in [0.2, 0.25) is 15.9 Å². The second kappa shape index (κ2) is 7.09. The summed E-state index contributed by atoms with van der Waals surface area (Å²) in [6.07, 6.45) is 0.635. The molecule has 0 saturated carbocycles. The molecule has 0 aliphatic carbocycles. The zero-order chi connectivity index (χ0) is 18.8. The maximum Gasteiger partial charge on any atom is 0.245 e. The van der Waals surface area contributed by atoms with Gasteiger partial charge in [-0.2, -0.15) is 0 Å². The van der Waals surface area contributed by atoms with Crippen LogP contribution in [0.15, 0.2) is 36.4 Å². The Bertz CT molecular complexity index is 878. The van der Waals surface area contributed by atoms with Crippen molar-refractivity contribution >= 4 is 27.3 Å². The molecule has 0 aromatic heterocycles. The van der Waals surface area contributed by atoms with Gasteiger partial charge in [-0.25, -0.2) is 26.0 Å². The van der Waals surface area contributed by atoms with E-state index in [1.807, 2.05) is 5.32 Å². The fourth-order valence-electron chi connectivity index (χ4n) is 2.02. The molecule has 5 nitrogen and oxygen atoms in total. The van der Waals surface area contributed by atoms with E-state index < -0.39 is 57.1 Å². The first-order valence-electron chi connectivity index (χ1n) is 6.77. The van der Waals surface area contributed by atoms with Gasteiger partial charge in [-0.1, -0.05) is 12.1 Å². The molecule has 2 rings (SSSR count). The minimum Gasteiger partial charge on any atom is -0.320 e. The molecule has 25 heavy (non-hydrogen) atoms. The molecule has 0 bridgehead atoms. The fourth-order valence-corrected chi connectivity index (χ4v) is 2.87. The average molecular weight is 376 g/mol. The molecule has 134 valence electrons. The Morgan fingerprint density at radius 1 is 0.960 bits per heavy atom. The van der Waals surface area contributed by atoms with Crippen molar-refractivity contribution < 1.29 is 30.8 Å². The second-order valence-corrected chi connectivity index (χ2v) is 6.89. The van der Waals surface area contributed by atoms with Crippen LogP contribution in [0.5, 0.6) is 0 Å². The van der Waals surface area contributed by atoms with Crippen LogP contribution in [-0.2, 0) is 14.8 Å². The average Bonchev–Trinajstić information content (AvgIpc) is 2.49. The highest BCUT2D eigenvalue weighted by Gasteiger charge is 2.27. The number of carbonyl (C=O) groups excluding carboxylic acids is 1. The molecule has 1 N–H and O–H groups in total. The number of sulfonamides is 1. The Hall–Kier alpha value is -2.62. The summed E-state index contributed by atoms with van der Waals surface area (Å²) in [6, 6.07) is 5.46. The molecular formula is C15H12F4N2O3S. The number of nitrogens with one attached hydrogen (secondary N) is 1. The molecule has 0 saturated heterocycles. The summed E-state index contributed by atoms with van der Waals surface area (Å²) in [4.78, 5) is 12.0. The van der Waals surface area contributed by atoms with Gasteiger partial charge in [-0.15, -0.1) is 0 Å². The smallest absolute Gasteiger partial charge is 0.245 e. The van der Waals surface area contributed by atoms with Crippen molar-refractivity contribution in [1.29, 1.82) is 0 Å². The van der Waals surface area contributed by atoms with Gasteiger partial charge in [0.05, 0.1) is 6.26 Å². The zero-order valence-electron chi connectivity index (χ0n) is 12.8. The van der Waals surface area contributed by atoms with Gasteiger partial charge in [0.1, 0.15) is 29.6 Å². The molecule has 2 aromatic carbocycles. The van der Waals surface area contributed by atoms with E-state index in [0.29, 0.717) is 6.26 Å². The number of rotatable bonds is 5. The monoisotopic (exact) mass is 376 g/mol. The highest BCUT2D eigenvalue weighted by Crippen LogP contribution is 2.25. The van der Waals surface area contributed by atoms with Crippen LogP contribution < -0.4 is 9.62 Å². The predicted molar refractivity (Wildman–Crippen MR) is 83.5 cm³/mol. The summed E-state index contributed by atoms with van der Waals surface area (Å²) in [7, 11) is -4.27. The quantitative estimate of drug-likeness (QED) is 0.816. The maximum absolute atomic E-state index is 13.8. The molecule has 0 atom stereocenters. The third-order valence-electron chi connectivity index (χ3n) is 3.10. The summed E-state index contributed by atoms with van der Waals surface area (Å²) in [6.45, 7) is -1.08. The molecule has 0 radical (unpaired) electrons. The Kier molecular flexibility index (Phi) is 5.31. The number of amides is 1. The third kappa shape index (κ3) is 4.27. The number of hydrogen-bond acceptors (Lipinski definition) is 3. The van der Waals surface area contributed by atoms with Gasteiger partial charge in [-0.05, 0) is 24.3 Å². The lowest BCUT2D eigenvalue weighted by Gasteiger charge is -2.22. The van der Waals surface area contributed by atoms with Crippen molar-refractivity contribution in [3.8, 4) is 0 Å². The molecule has 0 heterocycles. The molecule has 2 aromatic rings. The van der Waals surface area contributed by atoms with Crippen molar-refractivity contribution in [1.82, 2.24) is 0 Å². The van der Waals surface area contributed by atoms with E-state index in [1.54, 1.807) is 0 Å². The lowest BCUT2D eigenvalue weighted by molar-refractivity contribution is -0.114. The summed E-state index contributed by atoms with van der Waals surface area (Å²) >= 11 is 0. The molecule has 0 fully saturated rings. The zero-order valence-corrected chi connectivity index (χ0v) is 13.6. The lowest BCUT2D eigenvalue weighted by Crippen LogP contribution is -2.38. The van der Waals surface area contributed by atoms with Crippen LogP contribution in [0.25, 0.3) is 0 Å². The van der Waals surface area contributed by atoms with Crippen molar-refractivity contribution in [3.05, 3.63) is 59.7 Å². The van der Waals surface area contributed by atoms with Crippen molar-refractivity contribution in [2.45, 2.75) is 0 Å². The molecule has 0 unspecified atom stereocenters. The normalized spacial score (nSPS) is 11.2. The molecule has 1 amide bonds. The highest BCUT2D eigenvalue weighted by molar-refractivity contribution is 7.92. The largest absolute Gasteiger partial charge is 0.320 e. The number of nitrogens with zero attached hydrogens (tertiary/aromatic N) is 1. The summed E-state index contributed by atoms with van der Waals surface area (Å²) in [5.74, 6) is -5.78. The first-order chi connectivity index (χ1) is 11.6. The number of halogens is 4. The van der Waals surface area contributed by atoms with Crippen molar-refractivity contribution in [2.75, 3.05) is 22.4 Å². The van der Waals surface area contributed by atoms with Gasteiger partial charge < -0.3 is 5.32 Å². The standard InChI is InChI=1S/C15H12F4N2O3S/c1-25(23,24)21(15-11(18)6-3-7-12(15)19)8-13(22)20-14-9(16)4-2-5-10(14)17/h2-7H,8H2,1H3,(H,20,22). The van der Waals surface area contributed by atoms with E-state index in [0.717, 1.165) is 36.4 Å². The topological polar surface area (TPSA) is 66.5 Å². The molecule has 0 aliphatic heterocycles. The highest BCUT2D eigenvalue weighted by atomic mass is 32.2. The number of hydrogen-bond donors (Lipinski definition) is 1. The van der Waals surface area contributed by atoms with Crippen molar-refractivity contribution in [2.24, 2.45) is 0 Å². The van der Waals surface area contributed by atoms with Crippen LogP contribution in [0.2, 0.25) is 0 Å². The van der Waals surface area contributed by atoms with Gasteiger partial charge >= 0.3 is 0 Å². The predicted octanol–water partition coefficient (Wildman–Crippen LogP) is 2.65. The van der Waals surface area contributed by atoms with Crippen LogP contribution >= 0.6 is 0 Å². The fraction of sp³-hybridized carbons (Fsp3) is 0.133. The van der Waals surface area contributed by atoms with E-state index in [9.17, 15) is 30.8 Å². The third-order valence-corrected chi connectivity index (χ3v) is 4.21. The van der Waals surface area contributed by atoms with Crippen LogP contribution in [0.1, 0.15) is 0 Å². The second-order valence-electron chi connectivity index (χ2n) is 4.98. The number of carbonyl (C=O) groups is 1. The summed E-state index contributed by atoms with van der Waals surface area (Å²) in [5.41, 5.74) is -1.76. The van der Waals surface area contributed by atoms with E-state index in [-0.39, 0.29) is 4.31 Å². The Labute approximate surface area is 140 Å². The van der Waals surface area contributed by atoms with Gasteiger partial charge in [-0.3, -0.25) is 9.10 Å². The van der Waals surface area contributed by atoms with E-state index in [2.05, 4.69) is 0 Å².